The summed E-state index contributed by atoms with van der Waals surface area (Å²) in [4.78, 5) is 18.9. The maximum atomic E-state index is 13.4. The fourth-order valence-electron chi connectivity index (χ4n) is 3.39. The molecule has 2 heterocycles. The molecule has 1 saturated heterocycles. The van der Waals surface area contributed by atoms with Gasteiger partial charge in [0.1, 0.15) is 0 Å². The highest BCUT2D eigenvalue weighted by Crippen LogP contribution is 2.40. The Labute approximate surface area is 144 Å². The van der Waals surface area contributed by atoms with E-state index in [1.165, 1.54) is 6.07 Å². The van der Waals surface area contributed by atoms with Gasteiger partial charge in [0.2, 0.25) is 5.89 Å². The molecule has 0 spiro atoms. The van der Waals surface area contributed by atoms with Crippen molar-refractivity contribution in [3.63, 3.8) is 0 Å². The van der Waals surface area contributed by atoms with Crippen LogP contribution < -0.4 is 0 Å². The van der Waals surface area contributed by atoms with Crippen molar-refractivity contribution in [2.75, 3.05) is 13.1 Å². The van der Waals surface area contributed by atoms with Gasteiger partial charge in [0.15, 0.2) is 17.5 Å². The second-order valence-electron chi connectivity index (χ2n) is 7.25. The molecule has 4 rings (SSSR count). The molecule has 1 atom stereocenters. The standard InChI is InChI=1S/C18H19F2N3O2/c1-18(17-21-15(22-25-17)11-3-4-11)7-2-8-23(10-18)16(24)12-5-6-13(19)14(20)9-12/h5-6,9,11H,2-4,7-8,10H2,1H3. The van der Waals surface area contributed by atoms with Crippen LogP contribution in [0.2, 0.25) is 0 Å². The second-order valence-corrected chi connectivity index (χ2v) is 7.25. The number of carbonyl (C=O) groups is 1. The van der Waals surface area contributed by atoms with Crippen molar-refractivity contribution < 1.29 is 18.1 Å². The van der Waals surface area contributed by atoms with E-state index in [-0.39, 0.29) is 11.5 Å². The van der Waals surface area contributed by atoms with Gasteiger partial charge in [-0.25, -0.2) is 8.78 Å². The van der Waals surface area contributed by atoms with Crippen LogP contribution in [0.5, 0.6) is 0 Å². The number of carbonyl (C=O) groups excluding carboxylic acids is 1. The zero-order chi connectivity index (χ0) is 17.6. The number of aromatic nitrogens is 2. The topological polar surface area (TPSA) is 59.2 Å². The number of likely N-dealkylation sites (tertiary alicyclic amines) is 1. The molecule has 5 nitrogen and oxygen atoms in total. The van der Waals surface area contributed by atoms with Crippen LogP contribution in [0, 0.1) is 11.6 Å². The molecular weight excluding hydrogens is 328 g/mol. The minimum absolute atomic E-state index is 0.146. The van der Waals surface area contributed by atoms with Crippen molar-refractivity contribution in [1.82, 2.24) is 15.0 Å². The number of piperidine rings is 1. The molecule has 0 radical (unpaired) electrons. The number of nitrogens with zero attached hydrogens (tertiary/aromatic N) is 3. The average molecular weight is 347 g/mol. The molecule has 2 fully saturated rings. The first-order valence-electron chi connectivity index (χ1n) is 8.55. The fourth-order valence-corrected chi connectivity index (χ4v) is 3.39. The van der Waals surface area contributed by atoms with Crippen molar-refractivity contribution in [3.05, 3.63) is 47.1 Å². The second kappa shape index (κ2) is 5.89. The first-order chi connectivity index (χ1) is 12.0. The smallest absolute Gasteiger partial charge is 0.253 e. The summed E-state index contributed by atoms with van der Waals surface area (Å²) in [5.41, 5.74) is -0.278. The highest BCUT2D eigenvalue weighted by Gasteiger charge is 2.40. The quantitative estimate of drug-likeness (QED) is 0.854. The molecule has 7 heteroatoms. The van der Waals surface area contributed by atoms with Crippen LogP contribution in [0.25, 0.3) is 0 Å². The van der Waals surface area contributed by atoms with Crippen LogP contribution in [0.4, 0.5) is 8.78 Å². The predicted octanol–water partition coefficient (Wildman–Crippen LogP) is 3.42. The summed E-state index contributed by atoms with van der Waals surface area (Å²) in [5.74, 6) is -0.580. The van der Waals surface area contributed by atoms with E-state index in [2.05, 4.69) is 10.1 Å². The lowest BCUT2D eigenvalue weighted by Gasteiger charge is -2.38. The van der Waals surface area contributed by atoms with E-state index in [1.54, 1.807) is 4.90 Å². The summed E-state index contributed by atoms with van der Waals surface area (Å²) in [6.45, 7) is 2.98. The third-order valence-corrected chi connectivity index (χ3v) is 5.05. The Bertz CT molecular complexity index is 818. The number of halogens is 2. The molecule has 1 aromatic heterocycles. The molecule has 1 amide bonds. The van der Waals surface area contributed by atoms with E-state index in [4.69, 9.17) is 4.52 Å². The Morgan fingerprint density at radius 1 is 1.32 bits per heavy atom. The lowest BCUT2D eigenvalue weighted by atomic mass is 9.81. The van der Waals surface area contributed by atoms with Crippen LogP contribution in [-0.2, 0) is 5.41 Å². The minimum atomic E-state index is -1.02. The van der Waals surface area contributed by atoms with Gasteiger partial charge < -0.3 is 9.42 Å². The monoisotopic (exact) mass is 347 g/mol. The third-order valence-electron chi connectivity index (χ3n) is 5.05. The largest absolute Gasteiger partial charge is 0.339 e. The lowest BCUT2D eigenvalue weighted by Crippen LogP contribution is -2.47. The summed E-state index contributed by atoms with van der Waals surface area (Å²) in [7, 11) is 0. The molecule has 25 heavy (non-hydrogen) atoms. The van der Waals surface area contributed by atoms with Crippen molar-refractivity contribution in [1.29, 1.82) is 0 Å². The molecule has 132 valence electrons. The predicted molar refractivity (Wildman–Crippen MR) is 85.1 cm³/mol. The molecule has 0 N–H and O–H groups in total. The lowest BCUT2D eigenvalue weighted by molar-refractivity contribution is 0.0619. The summed E-state index contributed by atoms with van der Waals surface area (Å²) >= 11 is 0. The maximum absolute atomic E-state index is 13.4. The van der Waals surface area contributed by atoms with E-state index in [0.29, 0.717) is 24.9 Å². The Kier molecular flexibility index (Phi) is 3.81. The van der Waals surface area contributed by atoms with Crippen LogP contribution >= 0.6 is 0 Å². The molecule has 0 bridgehead atoms. The summed E-state index contributed by atoms with van der Waals surface area (Å²) in [6.07, 6.45) is 3.81. The molecule has 1 saturated carbocycles. The van der Waals surface area contributed by atoms with Crippen LogP contribution in [0.15, 0.2) is 22.7 Å². The SMILES string of the molecule is CC1(c2nc(C3CC3)no2)CCCN(C(=O)c2ccc(F)c(F)c2)C1. The number of amides is 1. The van der Waals surface area contributed by atoms with Crippen molar-refractivity contribution in [2.24, 2.45) is 0 Å². The third kappa shape index (κ3) is 3.03. The summed E-state index contributed by atoms with van der Waals surface area (Å²) < 4.78 is 32.0. The van der Waals surface area contributed by atoms with Crippen molar-refractivity contribution in [3.8, 4) is 0 Å². The Hall–Kier alpha value is -2.31. The van der Waals surface area contributed by atoms with Gasteiger partial charge in [0.05, 0.1) is 5.41 Å². The van der Waals surface area contributed by atoms with E-state index in [1.807, 2.05) is 6.92 Å². The van der Waals surface area contributed by atoms with E-state index >= 15 is 0 Å². The molecule has 1 aromatic carbocycles. The van der Waals surface area contributed by atoms with Gasteiger partial charge in [0, 0.05) is 24.6 Å². The van der Waals surface area contributed by atoms with Crippen LogP contribution in [0.3, 0.4) is 0 Å². The zero-order valence-corrected chi connectivity index (χ0v) is 14.0. The van der Waals surface area contributed by atoms with Gasteiger partial charge in [0.25, 0.3) is 5.91 Å². The number of benzene rings is 1. The highest BCUT2D eigenvalue weighted by molar-refractivity contribution is 5.94. The minimum Gasteiger partial charge on any atom is -0.339 e. The maximum Gasteiger partial charge on any atom is 0.253 e. The summed E-state index contributed by atoms with van der Waals surface area (Å²) in [6, 6.07) is 3.23. The number of hydrogen-bond donors (Lipinski definition) is 0. The molecule has 2 aromatic rings. The van der Waals surface area contributed by atoms with Gasteiger partial charge in [-0.3, -0.25) is 4.79 Å². The number of hydrogen-bond acceptors (Lipinski definition) is 4. The van der Waals surface area contributed by atoms with Gasteiger partial charge in [-0.05, 0) is 50.8 Å². The highest BCUT2D eigenvalue weighted by atomic mass is 19.2. The van der Waals surface area contributed by atoms with Gasteiger partial charge in [-0.2, -0.15) is 4.98 Å². The fraction of sp³-hybridized carbons (Fsp3) is 0.500. The van der Waals surface area contributed by atoms with Gasteiger partial charge in [-0.15, -0.1) is 0 Å². The molecule has 1 aliphatic heterocycles. The normalized spacial score (nSPS) is 23.7. The Morgan fingerprint density at radius 3 is 2.84 bits per heavy atom. The van der Waals surface area contributed by atoms with Gasteiger partial charge in [-0.1, -0.05) is 5.16 Å². The molecule has 2 aliphatic rings. The zero-order valence-electron chi connectivity index (χ0n) is 14.0. The first-order valence-corrected chi connectivity index (χ1v) is 8.55. The van der Waals surface area contributed by atoms with Crippen molar-refractivity contribution >= 4 is 5.91 Å². The van der Waals surface area contributed by atoms with E-state index in [9.17, 15) is 13.6 Å². The Morgan fingerprint density at radius 2 is 2.12 bits per heavy atom. The Balaban J connectivity index is 1.54. The van der Waals surface area contributed by atoms with Gasteiger partial charge >= 0.3 is 0 Å². The van der Waals surface area contributed by atoms with Crippen molar-refractivity contribution in [2.45, 2.75) is 43.9 Å². The average Bonchev–Trinajstić information content (AvgIpc) is 3.33. The first kappa shape index (κ1) is 16.2. The van der Waals surface area contributed by atoms with E-state index < -0.39 is 17.0 Å². The molecule has 1 aliphatic carbocycles. The van der Waals surface area contributed by atoms with E-state index in [0.717, 1.165) is 43.6 Å². The number of rotatable bonds is 3. The van der Waals surface area contributed by atoms with Crippen LogP contribution in [0.1, 0.15) is 60.6 Å². The summed E-state index contributed by atoms with van der Waals surface area (Å²) in [5, 5.41) is 4.07. The molecule has 1 unspecified atom stereocenters. The molecular formula is C18H19F2N3O2. The van der Waals surface area contributed by atoms with Crippen LogP contribution in [-0.4, -0.2) is 34.0 Å².